The molecule has 17 heavy (non-hydrogen) atoms. The predicted molar refractivity (Wildman–Crippen MR) is 72.2 cm³/mol. The molecule has 0 aliphatic carbocycles. The van der Waals surface area contributed by atoms with Crippen molar-refractivity contribution in [2.24, 2.45) is 0 Å². The molecule has 0 saturated carbocycles. The lowest BCUT2D eigenvalue weighted by atomic mass is 10.0. The zero-order valence-corrected chi connectivity index (χ0v) is 10.2. The number of aryl methyl sites for hydroxylation is 1. The van der Waals surface area contributed by atoms with Crippen LogP contribution < -0.4 is 10.5 Å². The summed E-state index contributed by atoms with van der Waals surface area (Å²) in [5, 5.41) is 0. The van der Waals surface area contributed by atoms with Gasteiger partial charge in [0.1, 0.15) is 5.75 Å². The molecule has 0 aromatic heterocycles. The Morgan fingerprint density at radius 1 is 1.06 bits per heavy atom. The molecule has 0 spiro atoms. The van der Waals surface area contributed by atoms with Crippen LogP contribution >= 0.6 is 0 Å². The largest absolute Gasteiger partial charge is 0.494 e. The van der Waals surface area contributed by atoms with Crippen molar-refractivity contribution in [2.75, 3.05) is 12.3 Å². The number of nitrogens with two attached hydrogens (primary N) is 1. The van der Waals surface area contributed by atoms with E-state index in [2.05, 4.69) is 12.1 Å². The molecule has 2 N–H and O–H groups in total. The molecule has 0 unspecified atom stereocenters. The standard InChI is InChI=1S/C15H17NO/c1-3-17-14-6-4-5-12(9-14)13-8-7-11(2)15(16)10-13/h4-10H,3,16H2,1-2H3. The summed E-state index contributed by atoms with van der Waals surface area (Å²) in [6.45, 7) is 4.67. The molecule has 0 radical (unpaired) electrons. The molecule has 2 rings (SSSR count). The Labute approximate surface area is 102 Å². The SMILES string of the molecule is CCOc1cccc(-c2ccc(C)c(N)c2)c1. The lowest BCUT2D eigenvalue weighted by Crippen LogP contribution is -1.92. The average Bonchev–Trinajstić information content (AvgIpc) is 2.33. The van der Waals surface area contributed by atoms with E-state index in [1.165, 1.54) is 0 Å². The van der Waals surface area contributed by atoms with Gasteiger partial charge < -0.3 is 10.5 Å². The second-order valence-electron chi connectivity index (χ2n) is 4.03. The lowest BCUT2D eigenvalue weighted by Gasteiger charge is -2.08. The summed E-state index contributed by atoms with van der Waals surface area (Å²) in [7, 11) is 0. The van der Waals surface area contributed by atoms with Crippen LogP contribution in [0, 0.1) is 6.92 Å². The molecule has 2 aromatic rings. The minimum absolute atomic E-state index is 0.680. The van der Waals surface area contributed by atoms with Crippen LogP contribution in [0.1, 0.15) is 12.5 Å². The van der Waals surface area contributed by atoms with Crippen molar-refractivity contribution < 1.29 is 4.74 Å². The van der Waals surface area contributed by atoms with Gasteiger partial charge in [-0.3, -0.25) is 0 Å². The maximum absolute atomic E-state index is 5.92. The van der Waals surface area contributed by atoms with Gasteiger partial charge in [0.2, 0.25) is 0 Å². The van der Waals surface area contributed by atoms with E-state index in [0.29, 0.717) is 6.61 Å². The van der Waals surface area contributed by atoms with Crippen LogP contribution in [0.3, 0.4) is 0 Å². The first-order chi connectivity index (χ1) is 8.20. The lowest BCUT2D eigenvalue weighted by molar-refractivity contribution is 0.340. The van der Waals surface area contributed by atoms with E-state index in [4.69, 9.17) is 10.5 Å². The fourth-order valence-corrected chi connectivity index (χ4v) is 1.75. The Balaban J connectivity index is 2.38. The summed E-state index contributed by atoms with van der Waals surface area (Å²) < 4.78 is 5.49. The molecule has 2 aromatic carbocycles. The van der Waals surface area contributed by atoms with Crippen LogP contribution in [0.4, 0.5) is 5.69 Å². The van der Waals surface area contributed by atoms with Gasteiger partial charge in [-0.2, -0.15) is 0 Å². The molecule has 0 saturated heterocycles. The Kier molecular flexibility index (Phi) is 3.33. The number of hydrogen-bond acceptors (Lipinski definition) is 2. The minimum Gasteiger partial charge on any atom is -0.494 e. The Bertz CT molecular complexity index is 520. The molecule has 0 aliphatic rings. The van der Waals surface area contributed by atoms with E-state index >= 15 is 0 Å². The number of benzene rings is 2. The first kappa shape index (κ1) is 11.5. The molecule has 0 aliphatic heterocycles. The highest BCUT2D eigenvalue weighted by atomic mass is 16.5. The summed E-state index contributed by atoms with van der Waals surface area (Å²) in [5.41, 5.74) is 10.1. The molecule has 0 bridgehead atoms. The smallest absolute Gasteiger partial charge is 0.119 e. The van der Waals surface area contributed by atoms with E-state index in [1.54, 1.807) is 0 Å². The monoisotopic (exact) mass is 227 g/mol. The zero-order valence-electron chi connectivity index (χ0n) is 10.2. The highest BCUT2D eigenvalue weighted by molar-refractivity contribution is 5.69. The fourth-order valence-electron chi connectivity index (χ4n) is 1.75. The van der Waals surface area contributed by atoms with Crippen LogP contribution in [0.5, 0.6) is 5.75 Å². The average molecular weight is 227 g/mol. The number of rotatable bonds is 3. The van der Waals surface area contributed by atoms with Crippen LogP contribution in [0.15, 0.2) is 42.5 Å². The summed E-state index contributed by atoms with van der Waals surface area (Å²) >= 11 is 0. The Hall–Kier alpha value is -1.96. The van der Waals surface area contributed by atoms with Crippen molar-refractivity contribution >= 4 is 5.69 Å². The second kappa shape index (κ2) is 4.91. The van der Waals surface area contributed by atoms with Gasteiger partial charge in [0, 0.05) is 5.69 Å². The summed E-state index contributed by atoms with van der Waals surface area (Å²) in [6.07, 6.45) is 0. The van der Waals surface area contributed by atoms with Crippen molar-refractivity contribution in [1.82, 2.24) is 0 Å². The maximum Gasteiger partial charge on any atom is 0.119 e. The van der Waals surface area contributed by atoms with E-state index in [0.717, 1.165) is 28.1 Å². The molecular formula is C15H17NO. The van der Waals surface area contributed by atoms with Crippen LogP contribution in [0.2, 0.25) is 0 Å². The van der Waals surface area contributed by atoms with E-state index in [-0.39, 0.29) is 0 Å². The topological polar surface area (TPSA) is 35.2 Å². The molecule has 0 atom stereocenters. The van der Waals surface area contributed by atoms with Gasteiger partial charge in [-0.05, 0) is 48.7 Å². The van der Waals surface area contributed by atoms with Crippen molar-refractivity contribution in [2.45, 2.75) is 13.8 Å². The van der Waals surface area contributed by atoms with Crippen molar-refractivity contribution in [1.29, 1.82) is 0 Å². The van der Waals surface area contributed by atoms with E-state index in [1.807, 2.05) is 44.2 Å². The third kappa shape index (κ3) is 2.59. The predicted octanol–water partition coefficient (Wildman–Crippen LogP) is 3.64. The van der Waals surface area contributed by atoms with Gasteiger partial charge >= 0.3 is 0 Å². The second-order valence-corrected chi connectivity index (χ2v) is 4.03. The van der Waals surface area contributed by atoms with Gasteiger partial charge in [-0.15, -0.1) is 0 Å². The number of hydrogen-bond donors (Lipinski definition) is 1. The molecular weight excluding hydrogens is 210 g/mol. The Morgan fingerprint density at radius 2 is 1.82 bits per heavy atom. The minimum atomic E-state index is 0.680. The van der Waals surface area contributed by atoms with E-state index in [9.17, 15) is 0 Å². The molecule has 0 fully saturated rings. The van der Waals surface area contributed by atoms with Crippen LogP contribution in [-0.4, -0.2) is 6.61 Å². The van der Waals surface area contributed by atoms with Crippen LogP contribution in [0.25, 0.3) is 11.1 Å². The zero-order chi connectivity index (χ0) is 12.3. The highest BCUT2D eigenvalue weighted by Crippen LogP contribution is 2.26. The molecule has 2 nitrogen and oxygen atoms in total. The highest BCUT2D eigenvalue weighted by Gasteiger charge is 2.01. The molecule has 0 amide bonds. The van der Waals surface area contributed by atoms with E-state index < -0.39 is 0 Å². The number of anilines is 1. The van der Waals surface area contributed by atoms with Crippen molar-refractivity contribution in [3.05, 3.63) is 48.0 Å². The molecule has 88 valence electrons. The number of nitrogen functional groups attached to an aromatic ring is 1. The summed E-state index contributed by atoms with van der Waals surface area (Å²) in [6, 6.07) is 14.2. The normalized spacial score (nSPS) is 10.2. The Morgan fingerprint density at radius 3 is 2.53 bits per heavy atom. The third-order valence-corrected chi connectivity index (χ3v) is 2.76. The van der Waals surface area contributed by atoms with Gasteiger partial charge in [0.25, 0.3) is 0 Å². The third-order valence-electron chi connectivity index (χ3n) is 2.76. The summed E-state index contributed by atoms with van der Waals surface area (Å²) in [4.78, 5) is 0. The molecule has 0 heterocycles. The van der Waals surface area contributed by atoms with Gasteiger partial charge in [-0.1, -0.05) is 24.3 Å². The van der Waals surface area contributed by atoms with Crippen LogP contribution in [-0.2, 0) is 0 Å². The van der Waals surface area contributed by atoms with Gasteiger partial charge in [0.05, 0.1) is 6.61 Å². The number of ether oxygens (including phenoxy) is 1. The van der Waals surface area contributed by atoms with Crippen molar-refractivity contribution in [3.8, 4) is 16.9 Å². The first-order valence-electron chi connectivity index (χ1n) is 5.80. The molecule has 2 heteroatoms. The van der Waals surface area contributed by atoms with Gasteiger partial charge in [-0.25, -0.2) is 0 Å². The maximum atomic E-state index is 5.92. The first-order valence-corrected chi connectivity index (χ1v) is 5.80. The van der Waals surface area contributed by atoms with Crippen molar-refractivity contribution in [3.63, 3.8) is 0 Å². The van der Waals surface area contributed by atoms with Gasteiger partial charge in [0.15, 0.2) is 0 Å². The quantitative estimate of drug-likeness (QED) is 0.812. The fraction of sp³-hybridized carbons (Fsp3) is 0.200. The summed E-state index contributed by atoms with van der Waals surface area (Å²) in [5.74, 6) is 0.893.